The third-order valence-electron chi connectivity index (χ3n) is 3.51. The van der Waals surface area contributed by atoms with E-state index < -0.39 is 0 Å². The van der Waals surface area contributed by atoms with Crippen molar-refractivity contribution in [3.05, 3.63) is 28.3 Å². The van der Waals surface area contributed by atoms with Gasteiger partial charge in [-0.3, -0.25) is 0 Å². The van der Waals surface area contributed by atoms with Crippen LogP contribution in [0.5, 0.6) is 5.75 Å². The Labute approximate surface area is 120 Å². The highest BCUT2D eigenvalue weighted by molar-refractivity contribution is 6.30. The summed E-state index contributed by atoms with van der Waals surface area (Å²) in [5.74, 6) is 1.04. The SMILES string of the molecule is CCOCCC(Cc1cc(Cl)cc2c1OCC2)NC. The average Bonchev–Trinajstić information content (AvgIpc) is 2.85. The normalized spacial score (nSPS) is 15.1. The van der Waals surface area contributed by atoms with Crippen molar-refractivity contribution in [1.29, 1.82) is 0 Å². The largest absolute Gasteiger partial charge is 0.493 e. The van der Waals surface area contributed by atoms with Gasteiger partial charge in [-0.2, -0.15) is 0 Å². The minimum absolute atomic E-state index is 0.387. The summed E-state index contributed by atoms with van der Waals surface area (Å²) >= 11 is 6.18. The maximum atomic E-state index is 6.18. The van der Waals surface area contributed by atoms with Crippen LogP contribution in [-0.4, -0.2) is 32.9 Å². The summed E-state index contributed by atoms with van der Waals surface area (Å²) in [5.41, 5.74) is 2.44. The second-order valence-corrected chi connectivity index (χ2v) is 5.26. The van der Waals surface area contributed by atoms with Crippen molar-refractivity contribution in [1.82, 2.24) is 5.32 Å². The van der Waals surface area contributed by atoms with E-state index >= 15 is 0 Å². The number of benzene rings is 1. The third-order valence-corrected chi connectivity index (χ3v) is 3.73. The van der Waals surface area contributed by atoms with E-state index in [9.17, 15) is 0 Å². The summed E-state index contributed by atoms with van der Waals surface area (Å²) in [5, 5.41) is 4.15. The fourth-order valence-electron chi connectivity index (χ4n) is 2.48. The monoisotopic (exact) mass is 283 g/mol. The molecular formula is C15H22ClNO2. The molecule has 2 rings (SSSR count). The molecule has 1 aromatic rings. The van der Waals surface area contributed by atoms with Gasteiger partial charge in [0.15, 0.2) is 0 Å². The van der Waals surface area contributed by atoms with Gasteiger partial charge in [-0.05, 0) is 50.1 Å². The zero-order valence-corrected chi connectivity index (χ0v) is 12.4. The van der Waals surface area contributed by atoms with Gasteiger partial charge in [0.05, 0.1) is 6.61 Å². The van der Waals surface area contributed by atoms with Gasteiger partial charge in [-0.25, -0.2) is 0 Å². The summed E-state index contributed by atoms with van der Waals surface area (Å²) in [6.45, 7) is 4.34. The maximum absolute atomic E-state index is 6.18. The topological polar surface area (TPSA) is 30.5 Å². The molecule has 0 bridgehead atoms. The molecule has 0 saturated carbocycles. The quantitative estimate of drug-likeness (QED) is 0.781. The van der Waals surface area contributed by atoms with E-state index in [0.29, 0.717) is 6.04 Å². The summed E-state index contributed by atoms with van der Waals surface area (Å²) < 4.78 is 11.2. The highest BCUT2D eigenvalue weighted by Crippen LogP contribution is 2.33. The second kappa shape index (κ2) is 7.13. The average molecular weight is 284 g/mol. The van der Waals surface area contributed by atoms with E-state index in [4.69, 9.17) is 21.1 Å². The van der Waals surface area contributed by atoms with Crippen LogP contribution in [0.25, 0.3) is 0 Å². The van der Waals surface area contributed by atoms with Gasteiger partial charge >= 0.3 is 0 Å². The third kappa shape index (κ3) is 3.85. The number of nitrogens with one attached hydrogen (secondary N) is 1. The molecule has 0 amide bonds. The minimum Gasteiger partial charge on any atom is -0.493 e. The molecular weight excluding hydrogens is 262 g/mol. The Morgan fingerprint density at radius 2 is 2.32 bits per heavy atom. The van der Waals surface area contributed by atoms with Crippen molar-refractivity contribution < 1.29 is 9.47 Å². The van der Waals surface area contributed by atoms with Gasteiger partial charge in [0.2, 0.25) is 0 Å². The van der Waals surface area contributed by atoms with Crippen LogP contribution in [0.3, 0.4) is 0 Å². The van der Waals surface area contributed by atoms with Gasteiger partial charge in [-0.1, -0.05) is 11.6 Å². The standard InChI is InChI=1S/C15H22ClNO2/c1-3-18-6-5-14(17-2)10-12-9-13(16)8-11-4-7-19-15(11)12/h8-9,14,17H,3-7,10H2,1-2H3. The van der Waals surface area contributed by atoms with Crippen molar-refractivity contribution in [2.45, 2.75) is 32.2 Å². The number of likely N-dealkylation sites (N-methyl/N-ethyl adjacent to an activating group) is 1. The number of fused-ring (bicyclic) bond motifs is 1. The maximum Gasteiger partial charge on any atom is 0.125 e. The molecule has 0 aliphatic carbocycles. The first kappa shape index (κ1) is 14.6. The Morgan fingerprint density at radius 3 is 3.05 bits per heavy atom. The van der Waals surface area contributed by atoms with E-state index in [1.165, 1.54) is 11.1 Å². The molecule has 0 radical (unpaired) electrons. The first-order valence-electron chi connectivity index (χ1n) is 6.93. The zero-order valence-electron chi connectivity index (χ0n) is 11.7. The van der Waals surface area contributed by atoms with Gasteiger partial charge < -0.3 is 14.8 Å². The molecule has 1 unspecified atom stereocenters. The van der Waals surface area contributed by atoms with Crippen LogP contribution >= 0.6 is 11.6 Å². The lowest BCUT2D eigenvalue weighted by molar-refractivity contribution is 0.137. The number of halogens is 1. The molecule has 0 aromatic heterocycles. The summed E-state index contributed by atoms with van der Waals surface area (Å²) in [4.78, 5) is 0. The Hall–Kier alpha value is -0.770. The number of ether oxygens (including phenoxy) is 2. The zero-order chi connectivity index (χ0) is 13.7. The second-order valence-electron chi connectivity index (χ2n) is 4.83. The van der Waals surface area contributed by atoms with Crippen LogP contribution in [0.2, 0.25) is 5.02 Å². The Kier molecular flexibility index (Phi) is 5.49. The minimum atomic E-state index is 0.387. The molecule has 0 saturated heterocycles. The summed E-state index contributed by atoms with van der Waals surface area (Å²) in [6.07, 6.45) is 2.88. The predicted octanol–water partition coefficient (Wildman–Crippen LogP) is 2.83. The fraction of sp³-hybridized carbons (Fsp3) is 0.600. The van der Waals surface area contributed by atoms with Gasteiger partial charge in [-0.15, -0.1) is 0 Å². The van der Waals surface area contributed by atoms with Crippen molar-refractivity contribution in [2.24, 2.45) is 0 Å². The molecule has 4 heteroatoms. The Morgan fingerprint density at radius 1 is 1.47 bits per heavy atom. The Bertz CT molecular complexity index is 423. The molecule has 3 nitrogen and oxygen atoms in total. The number of rotatable bonds is 7. The molecule has 0 fully saturated rings. The predicted molar refractivity (Wildman–Crippen MR) is 78.3 cm³/mol. The van der Waals surface area contributed by atoms with Gasteiger partial charge in [0, 0.05) is 30.7 Å². The molecule has 1 aliphatic heterocycles. The van der Waals surface area contributed by atoms with Gasteiger partial charge in [0.25, 0.3) is 0 Å². The van der Waals surface area contributed by atoms with Crippen molar-refractivity contribution in [2.75, 3.05) is 26.9 Å². The summed E-state index contributed by atoms with van der Waals surface area (Å²) in [7, 11) is 1.99. The van der Waals surface area contributed by atoms with E-state index in [-0.39, 0.29) is 0 Å². The number of hydrogen-bond acceptors (Lipinski definition) is 3. The summed E-state index contributed by atoms with van der Waals surface area (Å²) in [6, 6.07) is 4.43. The molecule has 1 heterocycles. The van der Waals surface area contributed by atoms with Crippen molar-refractivity contribution in [3.8, 4) is 5.75 Å². The van der Waals surface area contributed by atoms with E-state index in [1.54, 1.807) is 0 Å². The fourth-order valence-corrected chi connectivity index (χ4v) is 2.74. The molecule has 19 heavy (non-hydrogen) atoms. The van der Waals surface area contributed by atoms with Crippen molar-refractivity contribution >= 4 is 11.6 Å². The van der Waals surface area contributed by atoms with Crippen LogP contribution < -0.4 is 10.1 Å². The lowest BCUT2D eigenvalue weighted by atomic mass is 10.00. The highest BCUT2D eigenvalue weighted by atomic mass is 35.5. The van der Waals surface area contributed by atoms with Crippen LogP contribution in [-0.2, 0) is 17.6 Å². The van der Waals surface area contributed by atoms with Crippen LogP contribution in [0.1, 0.15) is 24.5 Å². The number of hydrogen-bond donors (Lipinski definition) is 1. The van der Waals surface area contributed by atoms with E-state index in [2.05, 4.69) is 5.32 Å². The van der Waals surface area contributed by atoms with Gasteiger partial charge in [0.1, 0.15) is 5.75 Å². The van der Waals surface area contributed by atoms with Crippen LogP contribution in [0.15, 0.2) is 12.1 Å². The molecule has 1 atom stereocenters. The molecule has 106 valence electrons. The Balaban J connectivity index is 2.05. The molecule has 1 N–H and O–H groups in total. The highest BCUT2D eigenvalue weighted by Gasteiger charge is 2.19. The van der Waals surface area contributed by atoms with E-state index in [1.807, 2.05) is 26.1 Å². The smallest absolute Gasteiger partial charge is 0.125 e. The lowest BCUT2D eigenvalue weighted by Gasteiger charge is -2.18. The van der Waals surface area contributed by atoms with Crippen LogP contribution in [0.4, 0.5) is 0 Å². The first-order valence-corrected chi connectivity index (χ1v) is 7.31. The molecule has 1 aliphatic rings. The lowest BCUT2D eigenvalue weighted by Crippen LogP contribution is -2.29. The molecule has 1 aromatic carbocycles. The van der Waals surface area contributed by atoms with Crippen molar-refractivity contribution in [3.63, 3.8) is 0 Å². The van der Waals surface area contributed by atoms with E-state index in [0.717, 1.165) is 49.9 Å². The van der Waals surface area contributed by atoms with Crippen LogP contribution in [0, 0.1) is 0 Å². The first-order chi connectivity index (χ1) is 9.24. The molecule has 0 spiro atoms.